The van der Waals surface area contributed by atoms with E-state index < -0.39 is 0 Å². The van der Waals surface area contributed by atoms with Crippen molar-refractivity contribution in [1.82, 2.24) is 19.8 Å². The molecule has 1 fully saturated rings. The van der Waals surface area contributed by atoms with E-state index in [9.17, 15) is 4.79 Å². The molecule has 2 aromatic heterocycles. The highest BCUT2D eigenvalue weighted by molar-refractivity contribution is 5.92. The number of aromatic amines is 1. The maximum Gasteiger partial charge on any atom is 0.289 e. The van der Waals surface area contributed by atoms with Gasteiger partial charge in [0.15, 0.2) is 5.76 Å². The third kappa shape index (κ3) is 2.58. The van der Waals surface area contributed by atoms with E-state index in [4.69, 9.17) is 4.42 Å². The molecule has 2 aromatic rings. The molecule has 1 saturated heterocycles. The zero-order valence-corrected chi connectivity index (χ0v) is 12.4. The van der Waals surface area contributed by atoms with Gasteiger partial charge in [-0.3, -0.25) is 9.69 Å². The van der Waals surface area contributed by atoms with Crippen LogP contribution < -0.4 is 0 Å². The molecule has 1 aliphatic rings. The summed E-state index contributed by atoms with van der Waals surface area (Å²) in [6.07, 6.45) is 5.14. The van der Waals surface area contributed by atoms with Crippen LogP contribution in [0.25, 0.3) is 0 Å². The molecule has 1 aliphatic heterocycles. The van der Waals surface area contributed by atoms with Crippen molar-refractivity contribution in [2.75, 3.05) is 26.2 Å². The van der Waals surface area contributed by atoms with Crippen LogP contribution in [0.15, 0.2) is 29.1 Å². The Balaban J connectivity index is 1.80. The van der Waals surface area contributed by atoms with Gasteiger partial charge >= 0.3 is 0 Å². The number of carbonyl (C=O) groups is 1. The molecule has 0 spiro atoms. The number of piperazine rings is 1. The van der Waals surface area contributed by atoms with Gasteiger partial charge in [-0.05, 0) is 19.5 Å². The number of H-pyrrole nitrogens is 1. The first-order chi connectivity index (χ1) is 10.2. The third-order valence-electron chi connectivity index (χ3n) is 4.08. The predicted octanol–water partition coefficient (Wildman–Crippen LogP) is 1.83. The van der Waals surface area contributed by atoms with Gasteiger partial charge in [-0.25, -0.2) is 4.98 Å². The fourth-order valence-corrected chi connectivity index (χ4v) is 2.84. The molecule has 3 heterocycles. The number of hydrogen-bond donors (Lipinski definition) is 1. The number of nitrogens with zero attached hydrogens (tertiary/aromatic N) is 3. The second-order valence-corrected chi connectivity index (χ2v) is 5.30. The summed E-state index contributed by atoms with van der Waals surface area (Å²) in [6.45, 7) is 7.14. The predicted molar refractivity (Wildman–Crippen MR) is 77.9 cm³/mol. The molecule has 112 valence electrons. The van der Waals surface area contributed by atoms with E-state index in [1.807, 2.05) is 24.1 Å². The van der Waals surface area contributed by atoms with Gasteiger partial charge in [0.1, 0.15) is 5.82 Å². The van der Waals surface area contributed by atoms with E-state index >= 15 is 0 Å². The standard InChI is InChI=1S/C15H20N4O2/c1-3-18-7-8-19(10-12(18)14-16-5-6-17-14)15(20)13-11(2)4-9-21-13/h4-6,9,12H,3,7-8,10H2,1-2H3,(H,16,17)/t12-/m1/s1. The van der Waals surface area contributed by atoms with E-state index in [-0.39, 0.29) is 11.9 Å². The minimum absolute atomic E-state index is 0.0372. The summed E-state index contributed by atoms with van der Waals surface area (Å²) < 4.78 is 5.33. The van der Waals surface area contributed by atoms with Crippen LogP contribution >= 0.6 is 0 Å². The molecule has 21 heavy (non-hydrogen) atoms. The second kappa shape index (κ2) is 5.73. The van der Waals surface area contributed by atoms with Gasteiger partial charge in [-0.15, -0.1) is 0 Å². The van der Waals surface area contributed by atoms with Crippen molar-refractivity contribution in [3.8, 4) is 0 Å². The fraction of sp³-hybridized carbons (Fsp3) is 0.467. The topological polar surface area (TPSA) is 65.4 Å². The number of hydrogen-bond acceptors (Lipinski definition) is 4. The van der Waals surface area contributed by atoms with Crippen molar-refractivity contribution in [2.24, 2.45) is 0 Å². The minimum Gasteiger partial charge on any atom is -0.459 e. The van der Waals surface area contributed by atoms with Crippen LogP contribution in [0.2, 0.25) is 0 Å². The van der Waals surface area contributed by atoms with Gasteiger partial charge in [0, 0.05) is 37.6 Å². The molecular weight excluding hydrogens is 268 g/mol. The van der Waals surface area contributed by atoms with Crippen LogP contribution in [0.3, 0.4) is 0 Å². The number of likely N-dealkylation sites (N-methyl/N-ethyl adjacent to an activating group) is 1. The highest BCUT2D eigenvalue weighted by atomic mass is 16.3. The number of nitrogens with one attached hydrogen (secondary N) is 1. The summed E-state index contributed by atoms with van der Waals surface area (Å²) in [5.74, 6) is 1.31. The number of rotatable bonds is 3. The van der Waals surface area contributed by atoms with Gasteiger partial charge in [0.25, 0.3) is 5.91 Å². The minimum atomic E-state index is -0.0372. The SMILES string of the molecule is CCN1CCN(C(=O)c2occc2C)C[C@@H]1c1ncc[nH]1. The zero-order chi connectivity index (χ0) is 14.8. The van der Waals surface area contributed by atoms with E-state index in [0.29, 0.717) is 18.8 Å². The average Bonchev–Trinajstić information content (AvgIpc) is 3.17. The summed E-state index contributed by atoms with van der Waals surface area (Å²) in [4.78, 5) is 24.3. The van der Waals surface area contributed by atoms with Crippen LogP contribution in [0, 0.1) is 6.92 Å². The summed E-state index contributed by atoms with van der Waals surface area (Å²) in [6, 6.07) is 1.93. The number of amides is 1. The lowest BCUT2D eigenvalue weighted by Crippen LogP contribution is -2.50. The van der Waals surface area contributed by atoms with Crippen molar-refractivity contribution in [2.45, 2.75) is 19.9 Å². The van der Waals surface area contributed by atoms with E-state index in [2.05, 4.69) is 21.8 Å². The summed E-state index contributed by atoms with van der Waals surface area (Å²) in [5.41, 5.74) is 0.882. The quantitative estimate of drug-likeness (QED) is 0.936. The molecular formula is C15H20N4O2. The maximum absolute atomic E-state index is 12.6. The largest absolute Gasteiger partial charge is 0.459 e. The van der Waals surface area contributed by atoms with Crippen LogP contribution in [-0.4, -0.2) is 51.9 Å². The average molecular weight is 288 g/mol. The van der Waals surface area contributed by atoms with E-state index in [1.165, 1.54) is 0 Å². The Morgan fingerprint density at radius 1 is 1.52 bits per heavy atom. The molecule has 1 N–H and O–H groups in total. The first kappa shape index (κ1) is 13.9. The molecule has 0 bridgehead atoms. The van der Waals surface area contributed by atoms with Crippen molar-refractivity contribution < 1.29 is 9.21 Å². The fourth-order valence-electron chi connectivity index (χ4n) is 2.84. The lowest BCUT2D eigenvalue weighted by Gasteiger charge is -2.39. The smallest absolute Gasteiger partial charge is 0.289 e. The van der Waals surface area contributed by atoms with Crippen LogP contribution in [-0.2, 0) is 0 Å². The summed E-state index contributed by atoms with van der Waals surface area (Å²) in [5, 5.41) is 0. The first-order valence-electron chi connectivity index (χ1n) is 7.27. The highest BCUT2D eigenvalue weighted by Crippen LogP contribution is 2.24. The molecule has 1 atom stereocenters. The Hall–Kier alpha value is -2.08. The van der Waals surface area contributed by atoms with Crippen molar-refractivity contribution in [3.05, 3.63) is 41.9 Å². The van der Waals surface area contributed by atoms with Crippen LogP contribution in [0.4, 0.5) is 0 Å². The lowest BCUT2D eigenvalue weighted by atomic mass is 10.1. The van der Waals surface area contributed by atoms with Gasteiger partial charge in [-0.1, -0.05) is 6.92 Å². The van der Waals surface area contributed by atoms with E-state index in [0.717, 1.165) is 24.5 Å². The maximum atomic E-state index is 12.6. The first-order valence-corrected chi connectivity index (χ1v) is 7.27. The van der Waals surface area contributed by atoms with Gasteiger partial charge < -0.3 is 14.3 Å². The molecule has 0 unspecified atom stereocenters. The second-order valence-electron chi connectivity index (χ2n) is 5.30. The Labute approximate surface area is 123 Å². The molecule has 6 heteroatoms. The van der Waals surface area contributed by atoms with E-state index in [1.54, 1.807) is 12.5 Å². The Bertz CT molecular complexity index is 605. The highest BCUT2D eigenvalue weighted by Gasteiger charge is 2.32. The Morgan fingerprint density at radius 2 is 2.38 bits per heavy atom. The molecule has 0 aromatic carbocycles. The Kier molecular flexibility index (Phi) is 3.79. The van der Waals surface area contributed by atoms with Crippen LogP contribution in [0.5, 0.6) is 0 Å². The van der Waals surface area contributed by atoms with Gasteiger partial charge in [0.05, 0.1) is 12.3 Å². The van der Waals surface area contributed by atoms with Crippen molar-refractivity contribution in [1.29, 1.82) is 0 Å². The molecule has 3 rings (SSSR count). The van der Waals surface area contributed by atoms with Gasteiger partial charge in [0.2, 0.25) is 0 Å². The monoisotopic (exact) mass is 288 g/mol. The van der Waals surface area contributed by atoms with Gasteiger partial charge in [-0.2, -0.15) is 0 Å². The summed E-state index contributed by atoms with van der Waals surface area (Å²) in [7, 11) is 0. The van der Waals surface area contributed by atoms with Crippen LogP contribution in [0.1, 0.15) is 34.9 Å². The summed E-state index contributed by atoms with van der Waals surface area (Å²) >= 11 is 0. The molecule has 6 nitrogen and oxygen atoms in total. The number of carbonyl (C=O) groups excluding carboxylic acids is 1. The normalized spacial score (nSPS) is 19.9. The van der Waals surface area contributed by atoms with Crippen molar-refractivity contribution in [3.63, 3.8) is 0 Å². The molecule has 0 saturated carbocycles. The number of imidazole rings is 1. The van der Waals surface area contributed by atoms with Crippen molar-refractivity contribution >= 4 is 5.91 Å². The molecule has 0 radical (unpaired) electrons. The number of aryl methyl sites for hydroxylation is 1. The lowest BCUT2D eigenvalue weighted by molar-refractivity contribution is 0.0452. The molecule has 0 aliphatic carbocycles. The zero-order valence-electron chi connectivity index (χ0n) is 12.4. The third-order valence-corrected chi connectivity index (χ3v) is 4.08. The number of aromatic nitrogens is 2. The number of furan rings is 1. The Morgan fingerprint density at radius 3 is 3.00 bits per heavy atom. The molecule has 1 amide bonds.